The van der Waals surface area contributed by atoms with Crippen LogP contribution in [0.2, 0.25) is 0 Å². The average molecular weight is 511 g/mol. The summed E-state index contributed by atoms with van der Waals surface area (Å²) in [4.78, 5) is 17.3. The number of hydrogen-bond donors (Lipinski definition) is 0. The molecule has 0 N–H and O–H groups in total. The van der Waals surface area contributed by atoms with Gasteiger partial charge in [-0.1, -0.05) is 48.9 Å². The number of fused-ring (bicyclic) bond motifs is 1. The highest BCUT2D eigenvalue weighted by atomic mass is 32.2. The second-order valence-electron chi connectivity index (χ2n) is 9.46. The third-order valence-electron chi connectivity index (χ3n) is 6.76. The molecule has 35 heavy (non-hydrogen) atoms. The fraction of sp³-hybridized carbons (Fsp3) is 0.393. The van der Waals surface area contributed by atoms with Crippen molar-refractivity contribution in [3.05, 3.63) is 86.1 Å². The van der Waals surface area contributed by atoms with Crippen LogP contribution < -0.4 is 0 Å². The summed E-state index contributed by atoms with van der Waals surface area (Å²) >= 11 is 1.73. The number of sulfonamides is 1. The monoisotopic (exact) mass is 510 g/mol. The molecule has 1 unspecified atom stereocenters. The molecule has 1 aliphatic heterocycles. The Morgan fingerprint density at radius 1 is 1.03 bits per heavy atom. The van der Waals surface area contributed by atoms with Gasteiger partial charge in [0.25, 0.3) is 0 Å². The number of amides is 1. The predicted octanol–water partition coefficient (Wildman–Crippen LogP) is 5.56. The van der Waals surface area contributed by atoms with E-state index in [0.717, 1.165) is 39.8 Å². The Morgan fingerprint density at radius 3 is 2.37 bits per heavy atom. The van der Waals surface area contributed by atoms with Gasteiger partial charge in [-0.05, 0) is 79.8 Å². The Hall–Kier alpha value is -2.48. The van der Waals surface area contributed by atoms with Crippen molar-refractivity contribution >= 4 is 27.3 Å². The molecule has 7 heteroatoms. The first-order valence-corrected chi connectivity index (χ1v) is 14.5. The minimum absolute atomic E-state index is 0.158. The molecule has 4 rings (SSSR count). The molecule has 0 bridgehead atoms. The van der Waals surface area contributed by atoms with E-state index in [1.807, 2.05) is 56.9 Å². The van der Waals surface area contributed by atoms with Gasteiger partial charge in [0.1, 0.15) is 0 Å². The SMILES string of the molecule is CCCN(CC(=O)N1CCc2sccc2C1c1ccccc1C)S(=O)(=O)c1c(C)cc(C)cc1C. The highest BCUT2D eigenvalue weighted by Crippen LogP contribution is 2.39. The quantitative estimate of drug-likeness (QED) is 0.418. The Kier molecular flexibility index (Phi) is 7.50. The van der Waals surface area contributed by atoms with Gasteiger partial charge in [-0.15, -0.1) is 11.3 Å². The standard InChI is InChI=1S/C28H34N2O3S2/c1-6-13-29(35(32,33)28-21(4)16-19(2)17-22(28)5)18-26(31)30-14-11-25-24(12-15-34-25)27(30)23-10-8-7-9-20(23)3/h7-10,12,15-17,27H,6,11,13-14,18H2,1-5H3. The smallest absolute Gasteiger partial charge is 0.244 e. The Bertz CT molecular complexity index is 1320. The number of thiophene rings is 1. The maximum absolute atomic E-state index is 13.8. The molecule has 1 aliphatic rings. The lowest BCUT2D eigenvalue weighted by atomic mass is 9.90. The first-order valence-electron chi connectivity index (χ1n) is 12.1. The van der Waals surface area contributed by atoms with Crippen LogP contribution in [0.1, 0.15) is 57.6 Å². The molecule has 0 fully saturated rings. The lowest BCUT2D eigenvalue weighted by Gasteiger charge is -2.38. The fourth-order valence-corrected chi connectivity index (χ4v) is 8.09. The van der Waals surface area contributed by atoms with Gasteiger partial charge in [-0.3, -0.25) is 4.79 Å². The molecule has 3 aromatic rings. The van der Waals surface area contributed by atoms with Crippen LogP contribution in [-0.2, 0) is 21.2 Å². The lowest BCUT2D eigenvalue weighted by molar-refractivity contribution is -0.133. The Labute approximate surface area is 213 Å². The van der Waals surface area contributed by atoms with Gasteiger partial charge >= 0.3 is 0 Å². The zero-order chi connectivity index (χ0) is 25.3. The first-order chi connectivity index (χ1) is 16.6. The number of hydrogen-bond acceptors (Lipinski definition) is 4. The van der Waals surface area contributed by atoms with Crippen LogP contribution in [0.5, 0.6) is 0 Å². The molecule has 1 atom stereocenters. The van der Waals surface area contributed by atoms with Crippen molar-refractivity contribution in [2.45, 2.75) is 58.4 Å². The minimum Gasteiger partial charge on any atom is -0.330 e. The molecule has 1 amide bonds. The van der Waals surface area contributed by atoms with Crippen molar-refractivity contribution in [3.63, 3.8) is 0 Å². The Morgan fingerprint density at radius 2 is 1.71 bits per heavy atom. The van der Waals surface area contributed by atoms with Crippen LogP contribution in [0.3, 0.4) is 0 Å². The molecule has 2 heterocycles. The summed E-state index contributed by atoms with van der Waals surface area (Å²) in [6, 6.07) is 13.8. The molecule has 0 radical (unpaired) electrons. The zero-order valence-electron chi connectivity index (χ0n) is 21.2. The van der Waals surface area contributed by atoms with E-state index < -0.39 is 10.0 Å². The van der Waals surface area contributed by atoms with Crippen molar-refractivity contribution in [2.75, 3.05) is 19.6 Å². The maximum Gasteiger partial charge on any atom is 0.244 e. The van der Waals surface area contributed by atoms with Gasteiger partial charge in [0.2, 0.25) is 15.9 Å². The molecule has 186 valence electrons. The van der Waals surface area contributed by atoms with Gasteiger partial charge in [0.15, 0.2) is 0 Å². The van der Waals surface area contributed by atoms with Gasteiger partial charge < -0.3 is 4.90 Å². The summed E-state index contributed by atoms with van der Waals surface area (Å²) in [6.45, 7) is 10.3. The van der Waals surface area contributed by atoms with Crippen LogP contribution in [-0.4, -0.2) is 43.2 Å². The van der Waals surface area contributed by atoms with Crippen LogP contribution in [0, 0.1) is 27.7 Å². The van der Waals surface area contributed by atoms with Crippen LogP contribution in [0.15, 0.2) is 52.7 Å². The topological polar surface area (TPSA) is 57.7 Å². The van der Waals surface area contributed by atoms with E-state index in [1.165, 1.54) is 9.18 Å². The van der Waals surface area contributed by atoms with Gasteiger partial charge in [0, 0.05) is 18.0 Å². The molecule has 1 aromatic heterocycles. The molecule has 0 saturated heterocycles. The largest absolute Gasteiger partial charge is 0.330 e. The van der Waals surface area contributed by atoms with Gasteiger partial charge in [-0.25, -0.2) is 8.42 Å². The van der Waals surface area contributed by atoms with E-state index in [9.17, 15) is 13.2 Å². The minimum atomic E-state index is -3.83. The predicted molar refractivity (Wildman–Crippen MR) is 142 cm³/mol. The fourth-order valence-electron chi connectivity index (χ4n) is 5.29. The maximum atomic E-state index is 13.8. The number of carbonyl (C=O) groups is 1. The number of benzene rings is 2. The van der Waals surface area contributed by atoms with Gasteiger partial charge in [0.05, 0.1) is 17.5 Å². The summed E-state index contributed by atoms with van der Waals surface area (Å²) in [5, 5.41) is 2.08. The highest BCUT2D eigenvalue weighted by molar-refractivity contribution is 7.89. The number of rotatable bonds is 7. The first kappa shape index (κ1) is 25.6. The average Bonchev–Trinajstić information content (AvgIpc) is 3.26. The van der Waals surface area contributed by atoms with E-state index in [0.29, 0.717) is 24.4 Å². The normalized spacial score (nSPS) is 15.9. The van der Waals surface area contributed by atoms with Crippen molar-refractivity contribution in [1.82, 2.24) is 9.21 Å². The Balaban J connectivity index is 1.70. The molecule has 2 aromatic carbocycles. The molecule has 0 spiro atoms. The molecular formula is C28H34N2O3S2. The molecule has 0 aliphatic carbocycles. The highest BCUT2D eigenvalue weighted by Gasteiger charge is 2.36. The molecular weight excluding hydrogens is 476 g/mol. The number of aryl methyl sites for hydroxylation is 4. The lowest BCUT2D eigenvalue weighted by Crippen LogP contribution is -2.47. The van der Waals surface area contributed by atoms with E-state index in [2.05, 4.69) is 30.5 Å². The van der Waals surface area contributed by atoms with Crippen molar-refractivity contribution < 1.29 is 13.2 Å². The summed E-state index contributed by atoms with van der Waals surface area (Å²) < 4.78 is 29.0. The second-order valence-corrected chi connectivity index (χ2v) is 12.3. The summed E-state index contributed by atoms with van der Waals surface area (Å²) in [5.74, 6) is -0.158. The van der Waals surface area contributed by atoms with E-state index in [1.54, 1.807) is 11.3 Å². The van der Waals surface area contributed by atoms with Crippen LogP contribution in [0.4, 0.5) is 0 Å². The van der Waals surface area contributed by atoms with Crippen LogP contribution in [0.25, 0.3) is 0 Å². The number of nitrogens with zero attached hydrogens (tertiary/aromatic N) is 2. The second kappa shape index (κ2) is 10.2. The van der Waals surface area contributed by atoms with Crippen molar-refractivity contribution in [3.8, 4) is 0 Å². The van der Waals surface area contributed by atoms with E-state index in [4.69, 9.17) is 0 Å². The third kappa shape index (κ3) is 4.95. The van der Waals surface area contributed by atoms with Crippen LogP contribution >= 0.6 is 11.3 Å². The van der Waals surface area contributed by atoms with Crippen molar-refractivity contribution in [1.29, 1.82) is 0 Å². The molecule has 0 saturated carbocycles. The van der Waals surface area contributed by atoms with E-state index >= 15 is 0 Å². The summed E-state index contributed by atoms with van der Waals surface area (Å²) in [7, 11) is -3.83. The van der Waals surface area contributed by atoms with Gasteiger partial charge in [-0.2, -0.15) is 4.31 Å². The summed E-state index contributed by atoms with van der Waals surface area (Å²) in [6.07, 6.45) is 1.42. The summed E-state index contributed by atoms with van der Waals surface area (Å²) in [5.41, 5.74) is 5.83. The van der Waals surface area contributed by atoms with Crippen molar-refractivity contribution in [2.24, 2.45) is 0 Å². The third-order valence-corrected chi connectivity index (χ3v) is 9.90. The number of carbonyl (C=O) groups excluding carboxylic acids is 1. The zero-order valence-corrected chi connectivity index (χ0v) is 22.8. The van der Waals surface area contributed by atoms with E-state index in [-0.39, 0.29) is 18.5 Å². The molecule has 5 nitrogen and oxygen atoms in total.